The summed E-state index contributed by atoms with van der Waals surface area (Å²) in [5.41, 5.74) is 0.328. The van der Waals surface area contributed by atoms with E-state index in [0.717, 1.165) is 9.21 Å². The maximum atomic E-state index is 14.4. The highest BCUT2D eigenvalue weighted by Crippen LogP contribution is 2.28. The normalized spacial score (nSPS) is 11.9. The van der Waals surface area contributed by atoms with Crippen molar-refractivity contribution in [3.63, 3.8) is 0 Å². The number of rotatable bonds is 10. The van der Waals surface area contributed by atoms with Crippen LogP contribution in [0.1, 0.15) is 12.5 Å². The first-order valence-electron chi connectivity index (χ1n) is 11.2. The number of carbonyl (C=O) groups excluding carboxylic acids is 2. The maximum Gasteiger partial charge on any atom is 0.264 e. The van der Waals surface area contributed by atoms with E-state index in [1.165, 1.54) is 75.7 Å². The standard InChI is InChI=1S/C26H27ClFN3O5S/c1-18(26(33)29-2)30(16-19-7-4-5-10-24(19)28)25(32)17-31(21-9-6-8-20(27)15-21)37(34,35)23-13-11-22(36-3)12-14-23/h4-15,18H,16-17H2,1-3H3,(H,29,33)/t18-/m0/s1. The molecule has 3 aromatic rings. The van der Waals surface area contributed by atoms with Gasteiger partial charge >= 0.3 is 0 Å². The zero-order valence-corrected chi connectivity index (χ0v) is 22.1. The summed E-state index contributed by atoms with van der Waals surface area (Å²) in [6.45, 7) is 0.579. The molecule has 3 rings (SSSR count). The van der Waals surface area contributed by atoms with Crippen molar-refractivity contribution in [1.82, 2.24) is 10.2 Å². The topological polar surface area (TPSA) is 96.0 Å². The van der Waals surface area contributed by atoms with Crippen molar-refractivity contribution in [3.05, 3.63) is 89.2 Å². The van der Waals surface area contributed by atoms with Crippen LogP contribution in [0.25, 0.3) is 0 Å². The van der Waals surface area contributed by atoms with Crippen LogP contribution in [0.15, 0.2) is 77.7 Å². The van der Waals surface area contributed by atoms with E-state index in [0.29, 0.717) is 5.75 Å². The molecule has 37 heavy (non-hydrogen) atoms. The molecule has 0 heterocycles. The third-order valence-electron chi connectivity index (χ3n) is 5.73. The Morgan fingerprint density at radius 3 is 2.32 bits per heavy atom. The van der Waals surface area contributed by atoms with E-state index in [1.54, 1.807) is 18.2 Å². The van der Waals surface area contributed by atoms with E-state index in [-0.39, 0.29) is 27.7 Å². The average molecular weight is 548 g/mol. The van der Waals surface area contributed by atoms with Crippen molar-refractivity contribution in [1.29, 1.82) is 0 Å². The van der Waals surface area contributed by atoms with Crippen molar-refractivity contribution in [2.24, 2.45) is 0 Å². The summed E-state index contributed by atoms with van der Waals surface area (Å²) >= 11 is 6.13. The summed E-state index contributed by atoms with van der Waals surface area (Å²) in [5, 5.41) is 2.74. The molecule has 0 aromatic heterocycles. The Morgan fingerprint density at radius 2 is 1.73 bits per heavy atom. The molecule has 0 radical (unpaired) electrons. The van der Waals surface area contributed by atoms with Gasteiger partial charge in [-0.15, -0.1) is 0 Å². The van der Waals surface area contributed by atoms with E-state index in [2.05, 4.69) is 5.32 Å². The van der Waals surface area contributed by atoms with E-state index in [4.69, 9.17) is 16.3 Å². The number of carbonyl (C=O) groups is 2. The largest absolute Gasteiger partial charge is 0.497 e. The van der Waals surface area contributed by atoms with Crippen molar-refractivity contribution in [2.75, 3.05) is 25.0 Å². The third kappa shape index (κ3) is 6.58. The minimum atomic E-state index is -4.26. The molecule has 0 fully saturated rings. The van der Waals surface area contributed by atoms with Gasteiger partial charge in [-0.2, -0.15) is 0 Å². The summed E-state index contributed by atoms with van der Waals surface area (Å²) in [4.78, 5) is 27.1. The number of methoxy groups -OCH3 is 1. The fourth-order valence-corrected chi connectivity index (χ4v) is 5.23. The summed E-state index contributed by atoms with van der Waals surface area (Å²) in [6, 6.07) is 16.6. The zero-order chi connectivity index (χ0) is 27.2. The molecule has 8 nitrogen and oxygen atoms in total. The number of sulfonamides is 1. The van der Waals surface area contributed by atoms with Crippen molar-refractivity contribution < 1.29 is 27.1 Å². The number of likely N-dealkylation sites (N-methyl/N-ethyl adjacent to an activating group) is 1. The molecule has 0 aliphatic rings. The van der Waals surface area contributed by atoms with Crippen LogP contribution in [-0.4, -0.2) is 51.9 Å². The van der Waals surface area contributed by atoms with Gasteiger partial charge in [0, 0.05) is 24.2 Å². The Morgan fingerprint density at radius 1 is 1.05 bits per heavy atom. The first-order chi connectivity index (χ1) is 17.6. The molecule has 3 aromatic carbocycles. The third-order valence-corrected chi connectivity index (χ3v) is 7.76. The van der Waals surface area contributed by atoms with E-state index < -0.39 is 40.2 Å². The molecule has 0 saturated heterocycles. The van der Waals surface area contributed by atoms with Crippen LogP contribution in [0.5, 0.6) is 5.75 Å². The molecule has 1 atom stereocenters. The predicted octanol–water partition coefficient (Wildman–Crippen LogP) is 3.85. The summed E-state index contributed by atoms with van der Waals surface area (Å²) in [7, 11) is -1.39. The second-order valence-electron chi connectivity index (χ2n) is 8.07. The lowest BCUT2D eigenvalue weighted by atomic mass is 10.1. The van der Waals surface area contributed by atoms with Crippen LogP contribution in [0.2, 0.25) is 5.02 Å². The number of ether oxygens (including phenoxy) is 1. The number of hydrogen-bond acceptors (Lipinski definition) is 5. The highest BCUT2D eigenvalue weighted by Gasteiger charge is 2.32. The maximum absolute atomic E-state index is 14.4. The number of nitrogens with one attached hydrogen (secondary N) is 1. The highest BCUT2D eigenvalue weighted by atomic mass is 35.5. The van der Waals surface area contributed by atoms with Gasteiger partial charge in [-0.05, 0) is 55.5 Å². The molecule has 0 spiro atoms. The molecule has 0 bridgehead atoms. The van der Waals surface area contributed by atoms with E-state index in [1.807, 2.05) is 0 Å². The Labute approximate surface area is 220 Å². The Balaban J connectivity index is 2.04. The molecule has 0 unspecified atom stereocenters. The molecule has 0 aliphatic heterocycles. The van der Waals surface area contributed by atoms with Crippen LogP contribution in [0.3, 0.4) is 0 Å². The quantitative estimate of drug-likeness (QED) is 0.416. The monoisotopic (exact) mass is 547 g/mol. The van der Waals surface area contributed by atoms with Gasteiger partial charge in [0.1, 0.15) is 24.2 Å². The second kappa shape index (κ2) is 12.1. The van der Waals surface area contributed by atoms with Gasteiger partial charge in [0.25, 0.3) is 10.0 Å². The first-order valence-corrected chi connectivity index (χ1v) is 13.1. The number of anilines is 1. The summed E-state index contributed by atoms with van der Waals surface area (Å²) in [5.74, 6) is -1.30. The van der Waals surface area contributed by atoms with Crippen LogP contribution in [0, 0.1) is 5.82 Å². The number of amides is 2. The molecule has 0 aliphatic carbocycles. The van der Waals surface area contributed by atoms with E-state index >= 15 is 0 Å². The van der Waals surface area contributed by atoms with Crippen LogP contribution in [0.4, 0.5) is 10.1 Å². The Kier molecular flexibility index (Phi) is 9.12. The smallest absolute Gasteiger partial charge is 0.264 e. The van der Waals surface area contributed by atoms with Crippen molar-refractivity contribution >= 4 is 39.1 Å². The lowest BCUT2D eigenvalue weighted by molar-refractivity contribution is -0.139. The Bertz CT molecular complexity index is 1370. The fourth-order valence-electron chi connectivity index (χ4n) is 3.64. The van der Waals surface area contributed by atoms with Gasteiger partial charge in [0.2, 0.25) is 11.8 Å². The van der Waals surface area contributed by atoms with Gasteiger partial charge in [-0.1, -0.05) is 35.9 Å². The number of benzene rings is 3. The minimum Gasteiger partial charge on any atom is -0.497 e. The average Bonchev–Trinajstić information content (AvgIpc) is 2.90. The molecule has 0 saturated carbocycles. The number of halogens is 2. The van der Waals surface area contributed by atoms with Gasteiger partial charge < -0.3 is 15.0 Å². The molecular formula is C26H27ClFN3O5S. The van der Waals surface area contributed by atoms with Crippen LogP contribution >= 0.6 is 11.6 Å². The minimum absolute atomic E-state index is 0.0823. The molecule has 2 amide bonds. The second-order valence-corrected chi connectivity index (χ2v) is 10.4. The molecule has 1 N–H and O–H groups in total. The van der Waals surface area contributed by atoms with Crippen LogP contribution in [-0.2, 0) is 26.2 Å². The summed E-state index contributed by atoms with van der Waals surface area (Å²) < 4.78 is 47.9. The first kappa shape index (κ1) is 27.9. The van der Waals surface area contributed by atoms with Crippen molar-refractivity contribution in [2.45, 2.75) is 24.4 Å². The van der Waals surface area contributed by atoms with Crippen molar-refractivity contribution in [3.8, 4) is 5.75 Å². The van der Waals surface area contributed by atoms with Gasteiger partial charge in [-0.25, -0.2) is 12.8 Å². The van der Waals surface area contributed by atoms with Crippen LogP contribution < -0.4 is 14.4 Å². The highest BCUT2D eigenvalue weighted by molar-refractivity contribution is 7.92. The van der Waals surface area contributed by atoms with Gasteiger partial charge in [0.15, 0.2) is 0 Å². The van der Waals surface area contributed by atoms with Gasteiger partial charge in [0.05, 0.1) is 17.7 Å². The SMILES string of the molecule is CNC(=O)[C@H](C)N(Cc1ccccc1F)C(=O)CN(c1cccc(Cl)c1)S(=O)(=O)c1ccc(OC)cc1. The fraction of sp³-hybridized carbons (Fsp3) is 0.231. The molecule has 196 valence electrons. The van der Waals surface area contributed by atoms with Gasteiger partial charge in [-0.3, -0.25) is 13.9 Å². The zero-order valence-electron chi connectivity index (χ0n) is 20.5. The molecular weight excluding hydrogens is 521 g/mol. The predicted molar refractivity (Wildman–Crippen MR) is 139 cm³/mol. The number of hydrogen-bond donors (Lipinski definition) is 1. The van der Waals surface area contributed by atoms with E-state index in [9.17, 15) is 22.4 Å². The Hall–Kier alpha value is -3.63. The lowest BCUT2D eigenvalue weighted by Crippen LogP contribution is -2.50. The summed E-state index contributed by atoms with van der Waals surface area (Å²) in [6.07, 6.45) is 0. The lowest BCUT2D eigenvalue weighted by Gasteiger charge is -2.31. The molecule has 11 heteroatoms. The number of nitrogens with zero attached hydrogens (tertiary/aromatic N) is 2.